The zero-order valence-corrected chi connectivity index (χ0v) is 11.7. The zero-order chi connectivity index (χ0) is 13.8. The Morgan fingerprint density at radius 2 is 2.26 bits per heavy atom. The Kier molecular flexibility index (Phi) is 4.24. The number of aromatic nitrogens is 1. The fraction of sp³-hybridized carbons (Fsp3) is 0.167. The van der Waals surface area contributed by atoms with Crippen LogP contribution in [-0.2, 0) is 11.3 Å². The summed E-state index contributed by atoms with van der Waals surface area (Å²) in [6.07, 6.45) is 0. The van der Waals surface area contributed by atoms with Crippen molar-refractivity contribution in [2.45, 2.75) is 6.54 Å². The number of ether oxygens (including phenoxy) is 1. The smallest absolute Gasteiger partial charge is 0.344 e. The highest BCUT2D eigenvalue weighted by molar-refractivity contribution is 7.11. The van der Waals surface area contributed by atoms with Crippen molar-refractivity contribution in [1.82, 2.24) is 4.37 Å². The van der Waals surface area contributed by atoms with Gasteiger partial charge in [-0.05, 0) is 23.2 Å². The highest BCUT2D eigenvalue weighted by atomic mass is 35.5. The van der Waals surface area contributed by atoms with Gasteiger partial charge in [0.25, 0.3) is 0 Å². The van der Waals surface area contributed by atoms with Gasteiger partial charge in [-0.3, -0.25) is 0 Å². The molecule has 2 rings (SSSR count). The summed E-state index contributed by atoms with van der Waals surface area (Å²) in [4.78, 5) is 11.6. The third kappa shape index (κ3) is 2.97. The van der Waals surface area contributed by atoms with Crippen LogP contribution in [0.25, 0.3) is 0 Å². The summed E-state index contributed by atoms with van der Waals surface area (Å²) >= 11 is 7.17. The van der Waals surface area contributed by atoms with Crippen LogP contribution in [0.1, 0.15) is 15.9 Å². The number of methoxy groups -OCH3 is 1. The van der Waals surface area contributed by atoms with Gasteiger partial charge in [-0.1, -0.05) is 29.8 Å². The average Bonchev–Trinajstić information content (AvgIpc) is 2.78. The van der Waals surface area contributed by atoms with Gasteiger partial charge in [0.2, 0.25) is 0 Å². The highest BCUT2D eigenvalue weighted by Crippen LogP contribution is 2.28. The fourth-order valence-corrected chi connectivity index (χ4v) is 2.44. The molecule has 0 saturated heterocycles. The van der Waals surface area contributed by atoms with Crippen LogP contribution in [-0.4, -0.2) is 17.5 Å². The van der Waals surface area contributed by atoms with E-state index in [1.165, 1.54) is 7.11 Å². The number of nitrogens with two attached hydrogens (primary N) is 1. The van der Waals surface area contributed by atoms with E-state index in [4.69, 9.17) is 17.3 Å². The number of nitrogens with one attached hydrogen (secondary N) is 1. The number of carbonyl (C=O) groups is 1. The highest BCUT2D eigenvalue weighted by Gasteiger charge is 2.19. The number of esters is 1. The fourth-order valence-electron chi connectivity index (χ4n) is 1.54. The van der Waals surface area contributed by atoms with Gasteiger partial charge in [0, 0.05) is 11.6 Å². The van der Waals surface area contributed by atoms with E-state index in [1.54, 1.807) is 6.07 Å². The summed E-state index contributed by atoms with van der Waals surface area (Å²) < 4.78 is 8.62. The standard InChI is InChI=1S/C12H12ClN3O2S/c1-18-12(17)9-10(14)16-19-11(9)15-6-7-4-2-3-5-8(7)13/h2-5,15H,6H2,1H3,(H2,14,16). The number of benzene rings is 1. The molecule has 0 unspecified atom stereocenters. The first-order valence-corrected chi connectivity index (χ1v) is 6.59. The second-order valence-corrected chi connectivity index (χ2v) is 4.89. The maximum Gasteiger partial charge on any atom is 0.344 e. The van der Waals surface area contributed by atoms with Crippen molar-refractivity contribution in [3.63, 3.8) is 0 Å². The van der Waals surface area contributed by atoms with E-state index in [0.717, 1.165) is 17.1 Å². The second-order valence-electron chi connectivity index (χ2n) is 3.71. The number of hydrogen-bond donors (Lipinski definition) is 2. The van der Waals surface area contributed by atoms with E-state index in [-0.39, 0.29) is 11.4 Å². The summed E-state index contributed by atoms with van der Waals surface area (Å²) in [7, 11) is 1.30. The SMILES string of the molecule is COC(=O)c1c(N)nsc1NCc1ccccc1Cl. The number of rotatable bonds is 4. The Hall–Kier alpha value is -1.79. The van der Waals surface area contributed by atoms with Gasteiger partial charge in [-0.25, -0.2) is 4.79 Å². The van der Waals surface area contributed by atoms with Crippen LogP contribution in [0.5, 0.6) is 0 Å². The minimum atomic E-state index is -0.507. The molecule has 0 atom stereocenters. The lowest BCUT2D eigenvalue weighted by molar-refractivity contribution is 0.0603. The maximum absolute atomic E-state index is 11.6. The van der Waals surface area contributed by atoms with Crippen LogP contribution in [0.4, 0.5) is 10.8 Å². The van der Waals surface area contributed by atoms with Crippen molar-refractivity contribution < 1.29 is 9.53 Å². The molecule has 0 bridgehead atoms. The van der Waals surface area contributed by atoms with Gasteiger partial charge in [-0.15, -0.1) is 0 Å². The number of halogens is 1. The molecule has 0 aliphatic heterocycles. The van der Waals surface area contributed by atoms with Gasteiger partial charge in [-0.2, -0.15) is 4.37 Å². The molecule has 1 aromatic carbocycles. The first-order chi connectivity index (χ1) is 9.13. The number of nitrogens with zero attached hydrogens (tertiary/aromatic N) is 1. The minimum Gasteiger partial charge on any atom is -0.465 e. The summed E-state index contributed by atoms with van der Waals surface area (Å²) in [5.41, 5.74) is 6.84. The molecule has 0 saturated carbocycles. The molecule has 0 radical (unpaired) electrons. The number of nitrogen functional groups attached to an aromatic ring is 1. The topological polar surface area (TPSA) is 77.2 Å². The Morgan fingerprint density at radius 1 is 1.53 bits per heavy atom. The normalized spacial score (nSPS) is 10.2. The summed E-state index contributed by atoms with van der Waals surface area (Å²) in [5.74, 6) is -0.341. The molecule has 1 aromatic heterocycles. The number of carbonyl (C=O) groups excluding carboxylic acids is 1. The van der Waals surface area contributed by atoms with Crippen molar-refractivity contribution in [2.75, 3.05) is 18.2 Å². The van der Waals surface area contributed by atoms with Crippen LogP contribution < -0.4 is 11.1 Å². The predicted molar refractivity (Wildman–Crippen MR) is 76.6 cm³/mol. The average molecular weight is 298 g/mol. The molecular weight excluding hydrogens is 286 g/mol. The van der Waals surface area contributed by atoms with Crippen LogP contribution in [0.2, 0.25) is 5.02 Å². The third-order valence-corrected chi connectivity index (χ3v) is 3.69. The van der Waals surface area contributed by atoms with E-state index >= 15 is 0 Å². The molecule has 100 valence electrons. The molecule has 2 aromatic rings. The van der Waals surface area contributed by atoms with Gasteiger partial charge in [0.1, 0.15) is 10.6 Å². The molecule has 5 nitrogen and oxygen atoms in total. The molecule has 1 heterocycles. The zero-order valence-electron chi connectivity index (χ0n) is 10.1. The summed E-state index contributed by atoms with van der Waals surface area (Å²) in [6.45, 7) is 0.477. The van der Waals surface area contributed by atoms with Crippen molar-refractivity contribution in [3.05, 3.63) is 40.4 Å². The monoisotopic (exact) mass is 297 g/mol. The predicted octanol–water partition coefficient (Wildman–Crippen LogP) is 2.78. The molecule has 0 aliphatic carbocycles. The summed E-state index contributed by atoms with van der Waals surface area (Å²) in [6, 6.07) is 7.46. The van der Waals surface area contributed by atoms with E-state index in [2.05, 4.69) is 14.4 Å². The van der Waals surface area contributed by atoms with Gasteiger partial charge < -0.3 is 15.8 Å². The number of anilines is 2. The Bertz CT molecular complexity index is 600. The Morgan fingerprint density at radius 3 is 2.95 bits per heavy atom. The van der Waals surface area contributed by atoms with E-state index in [9.17, 15) is 4.79 Å². The molecule has 0 spiro atoms. The molecule has 0 amide bonds. The van der Waals surface area contributed by atoms with Gasteiger partial charge >= 0.3 is 5.97 Å². The van der Waals surface area contributed by atoms with Crippen LogP contribution >= 0.6 is 23.1 Å². The van der Waals surface area contributed by atoms with Crippen LogP contribution in [0.15, 0.2) is 24.3 Å². The quantitative estimate of drug-likeness (QED) is 0.849. The first-order valence-electron chi connectivity index (χ1n) is 5.44. The van der Waals surface area contributed by atoms with Crippen molar-refractivity contribution in [3.8, 4) is 0 Å². The Labute approximate surface area is 119 Å². The van der Waals surface area contributed by atoms with Crippen molar-refractivity contribution in [2.24, 2.45) is 0 Å². The summed E-state index contributed by atoms with van der Waals surface area (Å²) in [5, 5.41) is 4.33. The molecule has 0 fully saturated rings. The first kappa shape index (κ1) is 13.6. The van der Waals surface area contributed by atoms with E-state index in [0.29, 0.717) is 16.6 Å². The van der Waals surface area contributed by atoms with Crippen LogP contribution in [0, 0.1) is 0 Å². The van der Waals surface area contributed by atoms with Crippen molar-refractivity contribution in [1.29, 1.82) is 0 Å². The molecule has 19 heavy (non-hydrogen) atoms. The Balaban J connectivity index is 2.17. The van der Waals surface area contributed by atoms with Gasteiger partial charge in [0.15, 0.2) is 5.82 Å². The van der Waals surface area contributed by atoms with Gasteiger partial charge in [0.05, 0.1) is 7.11 Å². The van der Waals surface area contributed by atoms with E-state index in [1.807, 2.05) is 18.2 Å². The molecule has 0 aliphatic rings. The second kappa shape index (κ2) is 5.90. The lowest BCUT2D eigenvalue weighted by atomic mass is 10.2. The van der Waals surface area contributed by atoms with Crippen molar-refractivity contribution >= 4 is 39.9 Å². The van der Waals surface area contributed by atoms with E-state index < -0.39 is 5.97 Å². The lowest BCUT2D eigenvalue weighted by Crippen LogP contribution is -2.08. The minimum absolute atomic E-state index is 0.165. The largest absolute Gasteiger partial charge is 0.465 e. The molecule has 3 N–H and O–H groups in total. The molecule has 7 heteroatoms. The maximum atomic E-state index is 11.6. The lowest BCUT2D eigenvalue weighted by Gasteiger charge is -2.07. The number of hydrogen-bond acceptors (Lipinski definition) is 6. The molecular formula is C12H12ClN3O2S. The third-order valence-electron chi connectivity index (χ3n) is 2.51. The van der Waals surface area contributed by atoms with Crippen LogP contribution in [0.3, 0.4) is 0 Å².